The number of amides is 1. The Kier molecular flexibility index (Phi) is 11.4. The summed E-state index contributed by atoms with van der Waals surface area (Å²) in [6.45, 7) is 3.99. The Hall–Kier alpha value is -0.680. The summed E-state index contributed by atoms with van der Waals surface area (Å²) in [7, 11) is -3.97. The van der Waals surface area contributed by atoms with Gasteiger partial charge in [0.2, 0.25) is 5.91 Å². The molecule has 0 saturated carbocycles. The first-order valence-electron chi connectivity index (χ1n) is 7.39. The number of hydrogen-bond acceptors (Lipinski definition) is 7. The summed E-state index contributed by atoms with van der Waals surface area (Å²) < 4.78 is 29.8. The van der Waals surface area contributed by atoms with Crippen LogP contribution >= 0.6 is 11.8 Å². The van der Waals surface area contributed by atoms with Gasteiger partial charge in [0.15, 0.2) is 0 Å². The summed E-state index contributed by atoms with van der Waals surface area (Å²) in [6.07, 6.45) is 3.44. The van der Waals surface area contributed by atoms with Crippen molar-refractivity contribution in [3.05, 3.63) is 0 Å². The van der Waals surface area contributed by atoms with Crippen LogP contribution in [0.5, 0.6) is 0 Å². The van der Waals surface area contributed by atoms with Crippen LogP contribution in [-0.2, 0) is 19.7 Å². The van der Waals surface area contributed by atoms with E-state index in [4.69, 9.17) is 4.55 Å². The SMILES string of the molecule is CSCC[C@@H](C=O)NC(=O)[C@@H](NNCCCS(=O)(=O)O)C(C)C. The summed E-state index contributed by atoms with van der Waals surface area (Å²) >= 11 is 1.60. The second-order valence-corrected chi connectivity index (χ2v) is 8.02. The Morgan fingerprint density at radius 1 is 1.35 bits per heavy atom. The molecule has 0 heterocycles. The summed E-state index contributed by atoms with van der Waals surface area (Å²) in [6, 6.07) is -1.07. The lowest BCUT2D eigenvalue weighted by Crippen LogP contribution is -2.55. The molecule has 8 nitrogen and oxygen atoms in total. The minimum Gasteiger partial charge on any atom is -0.345 e. The molecule has 0 unspecified atom stereocenters. The van der Waals surface area contributed by atoms with Gasteiger partial charge in [-0.25, -0.2) is 5.43 Å². The van der Waals surface area contributed by atoms with E-state index in [0.29, 0.717) is 6.42 Å². The second-order valence-electron chi connectivity index (χ2n) is 5.47. The van der Waals surface area contributed by atoms with Crippen LogP contribution in [0.25, 0.3) is 0 Å². The van der Waals surface area contributed by atoms with Gasteiger partial charge in [0.25, 0.3) is 10.1 Å². The van der Waals surface area contributed by atoms with E-state index in [9.17, 15) is 18.0 Å². The molecule has 0 aromatic carbocycles. The molecule has 0 aromatic rings. The van der Waals surface area contributed by atoms with Crippen LogP contribution in [0, 0.1) is 5.92 Å². The summed E-state index contributed by atoms with van der Waals surface area (Å²) in [5.74, 6) is 0.108. The standard InChI is InChI=1S/C13H27N3O5S2/c1-10(2)12(16-14-6-4-8-23(19,20)21)13(18)15-11(9-17)5-7-22-3/h9-12,14,16H,4-8H2,1-3H3,(H,15,18)(H,19,20,21)/t11-,12-/m0/s1. The predicted molar refractivity (Wildman–Crippen MR) is 91.8 cm³/mol. The Morgan fingerprint density at radius 2 is 2.00 bits per heavy atom. The van der Waals surface area contributed by atoms with E-state index in [2.05, 4.69) is 16.2 Å². The monoisotopic (exact) mass is 369 g/mol. The van der Waals surface area contributed by atoms with Crippen molar-refractivity contribution in [3.8, 4) is 0 Å². The molecule has 4 N–H and O–H groups in total. The molecule has 0 aromatic heterocycles. The Balaban J connectivity index is 4.32. The number of carbonyl (C=O) groups excluding carboxylic acids is 2. The van der Waals surface area contributed by atoms with Crippen LogP contribution in [0.4, 0.5) is 0 Å². The summed E-state index contributed by atoms with van der Waals surface area (Å²) in [5.41, 5.74) is 5.61. The minimum absolute atomic E-state index is 0.0306. The van der Waals surface area contributed by atoms with Crippen LogP contribution < -0.4 is 16.2 Å². The van der Waals surface area contributed by atoms with Gasteiger partial charge in [0.05, 0.1) is 11.8 Å². The minimum atomic E-state index is -3.97. The third kappa shape index (κ3) is 11.5. The number of rotatable bonds is 13. The van der Waals surface area contributed by atoms with E-state index in [-0.39, 0.29) is 30.5 Å². The van der Waals surface area contributed by atoms with Gasteiger partial charge in [0, 0.05) is 6.54 Å². The number of aldehydes is 1. The summed E-state index contributed by atoms with van der Waals surface area (Å²) in [5, 5.41) is 2.69. The smallest absolute Gasteiger partial charge is 0.264 e. The number of carbonyl (C=O) groups is 2. The number of hydrazine groups is 1. The van der Waals surface area contributed by atoms with Crippen LogP contribution in [0.3, 0.4) is 0 Å². The highest BCUT2D eigenvalue weighted by Gasteiger charge is 2.23. The van der Waals surface area contributed by atoms with Gasteiger partial charge in [-0.15, -0.1) is 0 Å². The highest BCUT2D eigenvalue weighted by Crippen LogP contribution is 2.03. The second kappa shape index (κ2) is 11.8. The molecule has 0 aliphatic carbocycles. The van der Waals surface area contributed by atoms with Crippen molar-refractivity contribution in [2.45, 2.75) is 38.8 Å². The van der Waals surface area contributed by atoms with Gasteiger partial charge in [0.1, 0.15) is 12.3 Å². The lowest BCUT2D eigenvalue weighted by atomic mass is 10.0. The third-order valence-electron chi connectivity index (χ3n) is 3.04. The molecule has 136 valence electrons. The molecule has 0 radical (unpaired) electrons. The average molecular weight is 370 g/mol. The van der Waals surface area contributed by atoms with Crippen molar-refractivity contribution in [1.29, 1.82) is 0 Å². The Morgan fingerprint density at radius 3 is 2.48 bits per heavy atom. The molecule has 0 fully saturated rings. The highest BCUT2D eigenvalue weighted by atomic mass is 32.2. The van der Waals surface area contributed by atoms with Gasteiger partial charge in [-0.05, 0) is 30.8 Å². The van der Waals surface area contributed by atoms with Gasteiger partial charge < -0.3 is 10.1 Å². The molecule has 0 aliphatic rings. The number of nitrogens with one attached hydrogen (secondary N) is 3. The molecule has 23 heavy (non-hydrogen) atoms. The van der Waals surface area contributed by atoms with Crippen molar-refractivity contribution in [2.75, 3.05) is 24.3 Å². The quantitative estimate of drug-likeness (QED) is 0.152. The first-order valence-corrected chi connectivity index (χ1v) is 10.4. The maximum Gasteiger partial charge on any atom is 0.264 e. The van der Waals surface area contributed by atoms with E-state index in [1.807, 2.05) is 20.1 Å². The highest BCUT2D eigenvalue weighted by molar-refractivity contribution is 7.98. The number of hydrogen-bond donors (Lipinski definition) is 4. The zero-order valence-corrected chi connectivity index (χ0v) is 15.4. The normalized spacial score (nSPS) is 14.5. The van der Waals surface area contributed by atoms with E-state index < -0.39 is 22.2 Å². The van der Waals surface area contributed by atoms with Gasteiger partial charge in [-0.3, -0.25) is 14.8 Å². The molecule has 0 spiro atoms. The predicted octanol–water partition coefficient (Wildman–Crippen LogP) is -0.180. The van der Waals surface area contributed by atoms with Crippen molar-refractivity contribution in [2.24, 2.45) is 5.92 Å². The van der Waals surface area contributed by atoms with Gasteiger partial charge in [-0.2, -0.15) is 20.2 Å². The first-order chi connectivity index (χ1) is 10.7. The molecule has 2 atom stereocenters. The van der Waals surface area contributed by atoms with Crippen LogP contribution in [0.2, 0.25) is 0 Å². The molecule has 0 saturated heterocycles. The first kappa shape index (κ1) is 22.3. The van der Waals surface area contributed by atoms with E-state index >= 15 is 0 Å². The fraction of sp³-hybridized carbons (Fsp3) is 0.846. The zero-order valence-electron chi connectivity index (χ0n) is 13.7. The fourth-order valence-corrected chi connectivity index (χ4v) is 2.75. The number of thioether (sulfide) groups is 1. The average Bonchev–Trinajstić information content (AvgIpc) is 2.45. The van der Waals surface area contributed by atoms with Crippen molar-refractivity contribution >= 4 is 34.1 Å². The van der Waals surface area contributed by atoms with Crippen LogP contribution in [-0.4, -0.2) is 61.6 Å². The maximum absolute atomic E-state index is 12.2. The van der Waals surface area contributed by atoms with Crippen molar-refractivity contribution in [1.82, 2.24) is 16.2 Å². The maximum atomic E-state index is 12.2. The molecule has 0 bridgehead atoms. The largest absolute Gasteiger partial charge is 0.345 e. The molecule has 10 heteroatoms. The lowest BCUT2D eigenvalue weighted by Gasteiger charge is -2.24. The Labute approximate surface area is 142 Å². The van der Waals surface area contributed by atoms with Crippen molar-refractivity contribution in [3.63, 3.8) is 0 Å². The molecule has 1 amide bonds. The molecule has 0 rings (SSSR count). The van der Waals surface area contributed by atoms with Crippen LogP contribution in [0.15, 0.2) is 0 Å². The molecule has 0 aliphatic heterocycles. The lowest BCUT2D eigenvalue weighted by molar-refractivity contribution is -0.127. The topological polar surface area (TPSA) is 125 Å². The van der Waals surface area contributed by atoms with E-state index in [0.717, 1.165) is 12.0 Å². The van der Waals surface area contributed by atoms with E-state index in [1.54, 1.807) is 11.8 Å². The van der Waals surface area contributed by atoms with Crippen LogP contribution in [0.1, 0.15) is 26.7 Å². The zero-order chi connectivity index (χ0) is 17.9. The van der Waals surface area contributed by atoms with Gasteiger partial charge in [-0.1, -0.05) is 13.8 Å². The third-order valence-corrected chi connectivity index (χ3v) is 4.48. The molecular weight excluding hydrogens is 342 g/mol. The Bertz CT molecular complexity index is 457. The fourth-order valence-electron chi connectivity index (χ4n) is 1.75. The van der Waals surface area contributed by atoms with E-state index in [1.165, 1.54) is 0 Å². The molecular formula is C13H27N3O5S2. The summed E-state index contributed by atoms with van der Waals surface area (Å²) in [4.78, 5) is 23.2. The van der Waals surface area contributed by atoms with Gasteiger partial charge >= 0.3 is 0 Å². The van der Waals surface area contributed by atoms with Crippen molar-refractivity contribution < 1.29 is 22.6 Å².